The molecule has 2 rings (SSSR count). The summed E-state index contributed by atoms with van der Waals surface area (Å²) in [6, 6.07) is 0.543. The van der Waals surface area contributed by atoms with Gasteiger partial charge >= 0.3 is 0 Å². The quantitative estimate of drug-likeness (QED) is 0.849. The van der Waals surface area contributed by atoms with Crippen LogP contribution in [0.1, 0.15) is 44.3 Å². The second-order valence-electron chi connectivity index (χ2n) is 5.23. The molecule has 1 fully saturated rings. The van der Waals surface area contributed by atoms with Crippen LogP contribution in [0, 0.1) is 5.92 Å². The highest BCUT2D eigenvalue weighted by atomic mass is 15.3. The molecule has 0 bridgehead atoms. The van der Waals surface area contributed by atoms with E-state index in [0.717, 1.165) is 18.2 Å². The number of hydrogen-bond donors (Lipinski definition) is 1. The third kappa shape index (κ3) is 3.53. The molecule has 1 aliphatic carbocycles. The Hall–Kier alpha value is -0.900. The van der Waals surface area contributed by atoms with Crippen molar-refractivity contribution in [2.75, 3.05) is 7.05 Å². The van der Waals surface area contributed by atoms with Crippen LogP contribution in [0.15, 0.2) is 6.33 Å². The molecule has 4 heteroatoms. The Labute approximate surface area is 104 Å². The normalized spacial score (nSPS) is 19.4. The van der Waals surface area contributed by atoms with Crippen molar-refractivity contribution in [3.8, 4) is 0 Å². The van der Waals surface area contributed by atoms with Crippen molar-refractivity contribution < 1.29 is 0 Å². The fourth-order valence-electron chi connectivity index (χ4n) is 2.85. The SMILES string of the molecule is CNC(Cc1ncnn1C)CC1CCCCC1. The van der Waals surface area contributed by atoms with E-state index >= 15 is 0 Å². The first kappa shape index (κ1) is 12.6. The zero-order valence-electron chi connectivity index (χ0n) is 11.0. The Morgan fingerprint density at radius 2 is 2.18 bits per heavy atom. The van der Waals surface area contributed by atoms with Gasteiger partial charge in [0.15, 0.2) is 0 Å². The predicted molar refractivity (Wildman–Crippen MR) is 68.7 cm³/mol. The van der Waals surface area contributed by atoms with Crippen molar-refractivity contribution >= 4 is 0 Å². The van der Waals surface area contributed by atoms with Crippen LogP contribution in [0.4, 0.5) is 0 Å². The molecule has 1 aromatic rings. The predicted octanol–water partition coefficient (Wildman–Crippen LogP) is 1.92. The summed E-state index contributed by atoms with van der Waals surface area (Å²) in [7, 11) is 4.03. The Balaban J connectivity index is 1.85. The summed E-state index contributed by atoms with van der Waals surface area (Å²) >= 11 is 0. The molecule has 0 amide bonds. The summed E-state index contributed by atoms with van der Waals surface area (Å²) in [5, 5.41) is 7.56. The van der Waals surface area contributed by atoms with Crippen LogP contribution < -0.4 is 5.32 Å². The standard InChI is InChI=1S/C13H24N4/c1-14-12(8-11-6-4-3-5-7-11)9-13-15-10-16-17(13)2/h10-12,14H,3-9H2,1-2H3. The summed E-state index contributed by atoms with van der Waals surface area (Å²) in [5.41, 5.74) is 0. The largest absolute Gasteiger partial charge is 0.317 e. The van der Waals surface area contributed by atoms with E-state index in [0.29, 0.717) is 6.04 Å². The summed E-state index contributed by atoms with van der Waals surface area (Å²) in [4.78, 5) is 4.31. The van der Waals surface area contributed by atoms with Gasteiger partial charge in [0.1, 0.15) is 12.2 Å². The van der Waals surface area contributed by atoms with Gasteiger partial charge < -0.3 is 5.32 Å². The molecule has 0 saturated heterocycles. The molecule has 17 heavy (non-hydrogen) atoms. The minimum atomic E-state index is 0.543. The molecular weight excluding hydrogens is 212 g/mol. The lowest BCUT2D eigenvalue weighted by molar-refractivity contribution is 0.300. The summed E-state index contributed by atoms with van der Waals surface area (Å²) < 4.78 is 1.88. The maximum atomic E-state index is 4.31. The van der Waals surface area contributed by atoms with Gasteiger partial charge in [-0.3, -0.25) is 4.68 Å². The highest BCUT2D eigenvalue weighted by Crippen LogP contribution is 2.27. The Bertz CT molecular complexity index is 328. The molecule has 0 aliphatic heterocycles. The number of rotatable bonds is 5. The molecule has 1 heterocycles. The lowest BCUT2D eigenvalue weighted by Crippen LogP contribution is -2.31. The van der Waals surface area contributed by atoms with E-state index in [1.807, 2.05) is 11.7 Å². The fourth-order valence-corrected chi connectivity index (χ4v) is 2.85. The van der Waals surface area contributed by atoms with E-state index in [-0.39, 0.29) is 0 Å². The molecule has 0 spiro atoms. The minimum Gasteiger partial charge on any atom is -0.317 e. The van der Waals surface area contributed by atoms with Crippen LogP contribution >= 0.6 is 0 Å². The Kier molecular flexibility index (Phi) is 4.54. The van der Waals surface area contributed by atoms with Gasteiger partial charge in [-0.05, 0) is 19.4 Å². The molecule has 1 unspecified atom stereocenters. The van der Waals surface area contributed by atoms with E-state index in [2.05, 4.69) is 22.4 Å². The maximum absolute atomic E-state index is 4.31. The lowest BCUT2D eigenvalue weighted by atomic mass is 9.84. The van der Waals surface area contributed by atoms with Gasteiger partial charge in [-0.2, -0.15) is 5.10 Å². The number of nitrogens with zero attached hydrogens (tertiary/aromatic N) is 3. The molecule has 96 valence electrons. The molecule has 0 aromatic carbocycles. The molecular formula is C13H24N4. The van der Waals surface area contributed by atoms with Crippen molar-refractivity contribution in [1.29, 1.82) is 0 Å². The summed E-state index contributed by atoms with van der Waals surface area (Å²) in [6.45, 7) is 0. The Morgan fingerprint density at radius 3 is 2.76 bits per heavy atom. The first-order valence-corrected chi connectivity index (χ1v) is 6.79. The van der Waals surface area contributed by atoms with Crippen LogP contribution in [0.3, 0.4) is 0 Å². The average molecular weight is 236 g/mol. The van der Waals surface area contributed by atoms with Gasteiger partial charge in [-0.15, -0.1) is 0 Å². The van der Waals surface area contributed by atoms with E-state index in [1.165, 1.54) is 38.5 Å². The number of aryl methyl sites for hydroxylation is 1. The highest BCUT2D eigenvalue weighted by Gasteiger charge is 2.19. The van der Waals surface area contributed by atoms with Crippen LogP contribution in [-0.2, 0) is 13.5 Å². The highest BCUT2D eigenvalue weighted by molar-refractivity contribution is 4.89. The third-order valence-corrected chi connectivity index (χ3v) is 3.98. The van der Waals surface area contributed by atoms with Crippen LogP contribution in [-0.4, -0.2) is 27.9 Å². The van der Waals surface area contributed by atoms with Crippen LogP contribution in [0.5, 0.6) is 0 Å². The second kappa shape index (κ2) is 6.15. The summed E-state index contributed by atoms with van der Waals surface area (Å²) in [6.07, 6.45) is 11.0. The van der Waals surface area contributed by atoms with Gasteiger partial charge in [-0.25, -0.2) is 4.98 Å². The van der Waals surface area contributed by atoms with E-state index in [9.17, 15) is 0 Å². The van der Waals surface area contributed by atoms with Crippen molar-refractivity contribution in [2.45, 2.75) is 51.0 Å². The van der Waals surface area contributed by atoms with E-state index in [1.54, 1.807) is 6.33 Å². The van der Waals surface area contributed by atoms with Crippen LogP contribution in [0.25, 0.3) is 0 Å². The maximum Gasteiger partial charge on any atom is 0.138 e. The first-order chi connectivity index (χ1) is 8.29. The molecule has 4 nitrogen and oxygen atoms in total. The van der Waals surface area contributed by atoms with Gasteiger partial charge in [0.25, 0.3) is 0 Å². The average Bonchev–Trinajstić information content (AvgIpc) is 2.75. The van der Waals surface area contributed by atoms with Gasteiger partial charge in [0.2, 0.25) is 0 Å². The zero-order valence-corrected chi connectivity index (χ0v) is 11.0. The molecule has 1 saturated carbocycles. The number of nitrogens with one attached hydrogen (secondary N) is 1. The first-order valence-electron chi connectivity index (χ1n) is 6.79. The Morgan fingerprint density at radius 1 is 1.41 bits per heavy atom. The van der Waals surface area contributed by atoms with Crippen LogP contribution in [0.2, 0.25) is 0 Å². The third-order valence-electron chi connectivity index (χ3n) is 3.98. The molecule has 1 N–H and O–H groups in total. The number of hydrogen-bond acceptors (Lipinski definition) is 3. The monoisotopic (exact) mass is 236 g/mol. The van der Waals surface area contributed by atoms with E-state index < -0.39 is 0 Å². The number of aromatic nitrogens is 3. The molecule has 0 radical (unpaired) electrons. The van der Waals surface area contributed by atoms with Crippen molar-refractivity contribution in [3.05, 3.63) is 12.2 Å². The zero-order chi connectivity index (χ0) is 12.1. The fraction of sp³-hybridized carbons (Fsp3) is 0.846. The molecule has 1 aromatic heterocycles. The summed E-state index contributed by atoms with van der Waals surface area (Å²) in [5.74, 6) is 1.99. The van der Waals surface area contributed by atoms with Crippen molar-refractivity contribution in [1.82, 2.24) is 20.1 Å². The van der Waals surface area contributed by atoms with Gasteiger partial charge in [0, 0.05) is 19.5 Å². The van der Waals surface area contributed by atoms with E-state index in [4.69, 9.17) is 0 Å². The van der Waals surface area contributed by atoms with Gasteiger partial charge in [0.05, 0.1) is 0 Å². The molecule has 1 atom stereocenters. The lowest BCUT2D eigenvalue weighted by Gasteiger charge is -2.26. The molecule has 1 aliphatic rings. The van der Waals surface area contributed by atoms with Crippen molar-refractivity contribution in [2.24, 2.45) is 13.0 Å². The minimum absolute atomic E-state index is 0.543. The smallest absolute Gasteiger partial charge is 0.138 e. The second-order valence-corrected chi connectivity index (χ2v) is 5.23. The topological polar surface area (TPSA) is 42.7 Å². The number of likely N-dealkylation sites (N-methyl/N-ethyl adjacent to an activating group) is 1. The van der Waals surface area contributed by atoms with Gasteiger partial charge in [-0.1, -0.05) is 32.1 Å². The van der Waals surface area contributed by atoms with Crippen molar-refractivity contribution in [3.63, 3.8) is 0 Å².